The molecular weight excluding hydrogens is 154 g/mol. The Morgan fingerprint density at radius 1 is 1.50 bits per heavy atom. The van der Waals surface area contributed by atoms with Crippen LogP contribution in [0.2, 0.25) is 0 Å². The summed E-state index contributed by atoms with van der Waals surface area (Å²) in [5, 5.41) is 0. The van der Waals surface area contributed by atoms with E-state index in [2.05, 4.69) is 0 Å². The second kappa shape index (κ2) is 3.87. The van der Waals surface area contributed by atoms with Crippen molar-refractivity contribution in [2.24, 2.45) is 16.9 Å². The number of rotatable bonds is 3. The summed E-state index contributed by atoms with van der Waals surface area (Å²) in [6, 6.07) is -0.516. The average molecular weight is 173 g/mol. The van der Waals surface area contributed by atoms with Gasteiger partial charge in [-0.15, -0.1) is 0 Å². The molecular formula is C8H19N3O. The van der Waals surface area contributed by atoms with Gasteiger partial charge in [0.15, 0.2) is 0 Å². The Bertz CT molecular complexity index is 166. The van der Waals surface area contributed by atoms with Crippen LogP contribution in [0.3, 0.4) is 0 Å². The molecule has 0 spiro atoms. The third-order valence-corrected chi connectivity index (χ3v) is 2.07. The van der Waals surface area contributed by atoms with Crippen LogP contribution in [0.15, 0.2) is 0 Å². The molecule has 4 nitrogen and oxygen atoms in total. The lowest BCUT2D eigenvalue weighted by Gasteiger charge is -2.30. The first-order chi connectivity index (χ1) is 5.33. The molecule has 0 bridgehead atoms. The predicted octanol–water partition coefficient (Wildman–Crippen LogP) is -0.613. The van der Waals surface area contributed by atoms with E-state index in [0.29, 0.717) is 6.54 Å². The van der Waals surface area contributed by atoms with Crippen LogP contribution in [-0.2, 0) is 4.79 Å². The van der Waals surface area contributed by atoms with Crippen molar-refractivity contribution in [2.75, 3.05) is 20.6 Å². The molecule has 4 heteroatoms. The fraction of sp³-hybridized carbons (Fsp3) is 0.875. The molecule has 12 heavy (non-hydrogen) atoms. The fourth-order valence-electron chi connectivity index (χ4n) is 0.739. The van der Waals surface area contributed by atoms with E-state index in [1.54, 1.807) is 14.1 Å². The number of carbonyl (C=O) groups is 1. The lowest BCUT2D eigenvalue weighted by molar-refractivity contribution is -0.132. The van der Waals surface area contributed by atoms with Gasteiger partial charge in [0, 0.05) is 19.5 Å². The van der Waals surface area contributed by atoms with E-state index in [1.807, 2.05) is 13.8 Å². The van der Waals surface area contributed by atoms with Crippen LogP contribution < -0.4 is 11.5 Å². The topological polar surface area (TPSA) is 72.3 Å². The molecule has 0 rings (SSSR count). The highest BCUT2D eigenvalue weighted by atomic mass is 16.2. The number of hydrogen-bond acceptors (Lipinski definition) is 3. The molecule has 1 atom stereocenters. The van der Waals surface area contributed by atoms with E-state index in [0.717, 1.165) is 0 Å². The fourth-order valence-corrected chi connectivity index (χ4v) is 0.739. The first-order valence-electron chi connectivity index (χ1n) is 3.99. The van der Waals surface area contributed by atoms with Crippen LogP contribution in [0.1, 0.15) is 13.8 Å². The summed E-state index contributed by atoms with van der Waals surface area (Å²) in [5.41, 5.74) is 10.9. The van der Waals surface area contributed by atoms with Crippen molar-refractivity contribution in [1.29, 1.82) is 0 Å². The van der Waals surface area contributed by atoms with Crippen LogP contribution >= 0.6 is 0 Å². The zero-order valence-corrected chi connectivity index (χ0v) is 8.29. The summed E-state index contributed by atoms with van der Waals surface area (Å²) in [4.78, 5) is 12.9. The van der Waals surface area contributed by atoms with Gasteiger partial charge >= 0.3 is 0 Å². The standard InChI is InChI=1S/C8H19N3O/c1-8(2,5-9)6(10)7(12)11(3)4/h6H,5,9-10H2,1-4H3. The van der Waals surface area contributed by atoms with Gasteiger partial charge in [-0.05, 0) is 6.54 Å². The van der Waals surface area contributed by atoms with Crippen LogP contribution in [0.25, 0.3) is 0 Å². The Labute approximate surface area is 73.9 Å². The molecule has 1 amide bonds. The van der Waals surface area contributed by atoms with Crippen LogP contribution in [-0.4, -0.2) is 37.5 Å². The van der Waals surface area contributed by atoms with Crippen LogP contribution in [0.4, 0.5) is 0 Å². The lowest BCUT2D eigenvalue weighted by Crippen LogP contribution is -2.52. The molecule has 0 aromatic heterocycles. The molecule has 0 radical (unpaired) electrons. The molecule has 0 saturated carbocycles. The molecule has 0 saturated heterocycles. The van der Waals surface area contributed by atoms with Crippen LogP contribution in [0.5, 0.6) is 0 Å². The van der Waals surface area contributed by atoms with Crippen molar-refractivity contribution in [3.05, 3.63) is 0 Å². The largest absolute Gasteiger partial charge is 0.347 e. The number of amides is 1. The highest BCUT2D eigenvalue weighted by molar-refractivity contribution is 5.82. The first-order valence-corrected chi connectivity index (χ1v) is 3.99. The zero-order chi connectivity index (χ0) is 9.94. The molecule has 4 N–H and O–H groups in total. The summed E-state index contributed by atoms with van der Waals surface area (Å²) in [6.45, 7) is 4.19. The van der Waals surface area contributed by atoms with Gasteiger partial charge in [-0.1, -0.05) is 13.8 Å². The summed E-state index contributed by atoms with van der Waals surface area (Å²) in [5.74, 6) is -0.0783. The van der Waals surface area contributed by atoms with Gasteiger partial charge < -0.3 is 16.4 Å². The van der Waals surface area contributed by atoms with Crippen molar-refractivity contribution in [2.45, 2.75) is 19.9 Å². The minimum atomic E-state index is -0.516. The molecule has 0 aliphatic rings. The van der Waals surface area contributed by atoms with Crippen molar-refractivity contribution in [1.82, 2.24) is 4.90 Å². The van der Waals surface area contributed by atoms with Gasteiger partial charge in [-0.3, -0.25) is 4.79 Å². The number of likely N-dealkylation sites (N-methyl/N-ethyl adjacent to an activating group) is 1. The summed E-state index contributed by atoms with van der Waals surface area (Å²) < 4.78 is 0. The molecule has 0 aliphatic heterocycles. The van der Waals surface area contributed by atoms with Crippen molar-refractivity contribution < 1.29 is 4.79 Å². The predicted molar refractivity (Wildman–Crippen MR) is 49.5 cm³/mol. The summed E-state index contributed by atoms with van der Waals surface area (Å²) in [7, 11) is 3.38. The Kier molecular flexibility index (Phi) is 3.67. The molecule has 0 heterocycles. The number of hydrogen-bond donors (Lipinski definition) is 2. The van der Waals surface area contributed by atoms with Gasteiger partial charge in [-0.2, -0.15) is 0 Å². The minimum Gasteiger partial charge on any atom is -0.347 e. The third kappa shape index (κ3) is 2.46. The maximum Gasteiger partial charge on any atom is 0.239 e. The second-order valence-electron chi connectivity index (χ2n) is 3.90. The van der Waals surface area contributed by atoms with E-state index in [4.69, 9.17) is 11.5 Å². The van der Waals surface area contributed by atoms with Crippen LogP contribution in [0, 0.1) is 5.41 Å². The van der Waals surface area contributed by atoms with Gasteiger partial charge in [0.2, 0.25) is 5.91 Å². The van der Waals surface area contributed by atoms with Crippen molar-refractivity contribution in [3.8, 4) is 0 Å². The maximum absolute atomic E-state index is 11.4. The van der Waals surface area contributed by atoms with E-state index in [-0.39, 0.29) is 11.3 Å². The molecule has 0 aliphatic carbocycles. The molecule has 0 aromatic rings. The van der Waals surface area contributed by atoms with Gasteiger partial charge in [-0.25, -0.2) is 0 Å². The van der Waals surface area contributed by atoms with E-state index in [9.17, 15) is 4.79 Å². The van der Waals surface area contributed by atoms with E-state index < -0.39 is 6.04 Å². The Hall–Kier alpha value is -0.610. The normalized spacial score (nSPS) is 14.2. The molecule has 0 aromatic carbocycles. The lowest BCUT2D eigenvalue weighted by atomic mass is 9.84. The summed E-state index contributed by atoms with van der Waals surface area (Å²) in [6.07, 6.45) is 0. The van der Waals surface area contributed by atoms with E-state index >= 15 is 0 Å². The Morgan fingerprint density at radius 3 is 2.17 bits per heavy atom. The average Bonchev–Trinajstić information content (AvgIpc) is 2.01. The van der Waals surface area contributed by atoms with Gasteiger partial charge in [0.05, 0.1) is 6.04 Å². The summed E-state index contributed by atoms with van der Waals surface area (Å²) >= 11 is 0. The molecule has 0 fully saturated rings. The second-order valence-corrected chi connectivity index (χ2v) is 3.90. The highest BCUT2D eigenvalue weighted by Gasteiger charge is 2.31. The highest BCUT2D eigenvalue weighted by Crippen LogP contribution is 2.17. The van der Waals surface area contributed by atoms with Crippen molar-refractivity contribution >= 4 is 5.91 Å². The minimum absolute atomic E-state index is 0.0783. The number of nitrogens with zero attached hydrogens (tertiary/aromatic N) is 1. The zero-order valence-electron chi connectivity index (χ0n) is 8.29. The molecule has 1 unspecified atom stereocenters. The Morgan fingerprint density at radius 2 is 1.92 bits per heavy atom. The quantitative estimate of drug-likeness (QED) is 0.598. The number of carbonyl (C=O) groups excluding carboxylic acids is 1. The third-order valence-electron chi connectivity index (χ3n) is 2.07. The molecule has 72 valence electrons. The van der Waals surface area contributed by atoms with E-state index in [1.165, 1.54) is 4.90 Å². The SMILES string of the molecule is CN(C)C(=O)C(N)C(C)(C)CN. The number of nitrogens with two attached hydrogens (primary N) is 2. The van der Waals surface area contributed by atoms with Gasteiger partial charge in [0.1, 0.15) is 0 Å². The van der Waals surface area contributed by atoms with Gasteiger partial charge in [0.25, 0.3) is 0 Å². The first kappa shape index (κ1) is 11.4. The Balaban J connectivity index is 4.38. The maximum atomic E-state index is 11.4. The monoisotopic (exact) mass is 173 g/mol. The van der Waals surface area contributed by atoms with Crippen molar-refractivity contribution in [3.63, 3.8) is 0 Å². The smallest absolute Gasteiger partial charge is 0.239 e.